The highest BCUT2D eigenvalue weighted by Crippen LogP contribution is 2.08. The molecule has 0 saturated carbocycles. The summed E-state index contributed by atoms with van der Waals surface area (Å²) in [4.78, 5) is 4.17. The van der Waals surface area contributed by atoms with Crippen LogP contribution in [0.25, 0.3) is 0 Å². The number of ether oxygens (including phenoxy) is 1. The van der Waals surface area contributed by atoms with E-state index < -0.39 is 0 Å². The Bertz CT molecular complexity index is 396. The number of nitrogens with zero attached hydrogens (tertiary/aromatic N) is 1. The van der Waals surface area contributed by atoms with Crippen molar-refractivity contribution in [3.05, 3.63) is 34.9 Å². The largest absolute Gasteiger partial charge is 0.383 e. The monoisotopic (exact) mass is 263 g/mol. The van der Waals surface area contributed by atoms with Crippen LogP contribution in [-0.2, 0) is 11.2 Å². The van der Waals surface area contributed by atoms with E-state index in [2.05, 4.69) is 47.7 Å². The second-order valence-corrected chi connectivity index (χ2v) is 4.66. The fourth-order valence-corrected chi connectivity index (χ4v) is 2.03. The van der Waals surface area contributed by atoms with E-state index in [0.717, 1.165) is 25.5 Å². The van der Waals surface area contributed by atoms with Crippen molar-refractivity contribution in [2.24, 2.45) is 4.99 Å². The molecule has 0 atom stereocenters. The van der Waals surface area contributed by atoms with Crippen LogP contribution in [0.15, 0.2) is 23.2 Å². The Morgan fingerprint density at radius 3 is 2.32 bits per heavy atom. The predicted molar refractivity (Wildman–Crippen MR) is 80.9 cm³/mol. The summed E-state index contributed by atoms with van der Waals surface area (Å²) in [5.41, 5.74) is 3.99. The Morgan fingerprint density at radius 2 is 1.74 bits per heavy atom. The number of rotatable bonds is 6. The summed E-state index contributed by atoms with van der Waals surface area (Å²) >= 11 is 0. The molecule has 1 rings (SSSR count). The summed E-state index contributed by atoms with van der Waals surface area (Å²) in [6, 6.07) is 6.66. The lowest BCUT2D eigenvalue weighted by atomic mass is 10.1. The van der Waals surface area contributed by atoms with E-state index in [9.17, 15) is 0 Å². The molecule has 0 saturated heterocycles. The zero-order chi connectivity index (χ0) is 14.1. The average Bonchev–Trinajstić information content (AvgIpc) is 2.36. The standard InChI is InChI=1S/C15H25N3O/c1-12-9-13(2)11-14(10-12)5-6-17-15(16-3)18-7-8-19-4/h9-11H,5-8H2,1-4H3,(H2,16,17,18). The van der Waals surface area contributed by atoms with Crippen LogP contribution in [0, 0.1) is 13.8 Å². The van der Waals surface area contributed by atoms with Gasteiger partial charge >= 0.3 is 0 Å². The summed E-state index contributed by atoms with van der Waals surface area (Å²) in [6.07, 6.45) is 0.994. The summed E-state index contributed by atoms with van der Waals surface area (Å²) in [6.45, 7) is 6.58. The molecule has 0 radical (unpaired) electrons. The number of methoxy groups -OCH3 is 1. The Balaban J connectivity index is 2.35. The molecule has 0 fully saturated rings. The molecule has 1 aromatic rings. The van der Waals surface area contributed by atoms with Crippen molar-refractivity contribution in [2.75, 3.05) is 33.9 Å². The highest BCUT2D eigenvalue weighted by molar-refractivity contribution is 5.79. The number of guanidine groups is 1. The van der Waals surface area contributed by atoms with Gasteiger partial charge in [-0.1, -0.05) is 29.3 Å². The van der Waals surface area contributed by atoms with E-state index in [1.807, 2.05) is 0 Å². The molecule has 0 amide bonds. The highest BCUT2D eigenvalue weighted by Gasteiger charge is 1.99. The zero-order valence-electron chi connectivity index (χ0n) is 12.4. The second kappa shape index (κ2) is 8.53. The smallest absolute Gasteiger partial charge is 0.191 e. The first kappa shape index (κ1) is 15.5. The van der Waals surface area contributed by atoms with Crippen LogP contribution in [0.4, 0.5) is 0 Å². The van der Waals surface area contributed by atoms with E-state index >= 15 is 0 Å². The summed E-state index contributed by atoms with van der Waals surface area (Å²) < 4.78 is 4.99. The molecule has 0 aromatic heterocycles. The van der Waals surface area contributed by atoms with Gasteiger partial charge in [-0.15, -0.1) is 0 Å². The fourth-order valence-electron chi connectivity index (χ4n) is 2.03. The Morgan fingerprint density at radius 1 is 1.11 bits per heavy atom. The number of aliphatic imine (C=N–C) groups is 1. The lowest BCUT2D eigenvalue weighted by Crippen LogP contribution is -2.39. The molecule has 0 aliphatic heterocycles. The number of benzene rings is 1. The number of hydrogen-bond acceptors (Lipinski definition) is 2. The third-order valence-electron chi connectivity index (χ3n) is 2.81. The van der Waals surface area contributed by atoms with Gasteiger partial charge in [-0.05, 0) is 25.8 Å². The van der Waals surface area contributed by atoms with Gasteiger partial charge in [0.1, 0.15) is 0 Å². The van der Waals surface area contributed by atoms with Crippen molar-refractivity contribution in [1.82, 2.24) is 10.6 Å². The van der Waals surface area contributed by atoms with Gasteiger partial charge < -0.3 is 15.4 Å². The maximum Gasteiger partial charge on any atom is 0.191 e. The third kappa shape index (κ3) is 6.25. The maximum atomic E-state index is 4.99. The predicted octanol–water partition coefficient (Wildman–Crippen LogP) is 1.66. The first-order valence-electron chi connectivity index (χ1n) is 6.66. The van der Waals surface area contributed by atoms with Crippen molar-refractivity contribution in [1.29, 1.82) is 0 Å². The molecule has 0 bridgehead atoms. The summed E-state index contributed by atoms with van der Waals surface area (Å²) in [7, 11) is 3.47. The van der Waals surface area contributed by atoms with Gasteiger partial charge in [-0.25, -0.2) is 0 Å². The van der Waals surface area contributed by atoms with Gasteiger partial charge in [0.2, 0.25) is 0 Å². The van der Waals surface area contributed by atoms with Crippen LogP contribution >= 0.6 is 0 Å². The lowest BCUT2D eigenvalue weighted by molar-refractivity contribution is 0.203. The molecule has 19 heavy (non-hydrogen) atoms. The number of hydrogen-bond donors (Lipinski definition) is 2. The minimum Gasteiger partial charge on any atom is -0.383 e. The van der Waals surface area contributed by atoms with Gasteiger partial charge in [0.05, 0.1) is 6.61 Å². The van der Waals surface area contributed by atoms with E-state index in [-0.39, 0.29) is 0 Å². The molecule has 4 heteroatoms. The number of nitrogens with one attached hydrogen (secondary N) is 2. The van der Waals surface area contributed by atoms with Crippen LogP contribution < -0.4 is 10.6 Å². The summed E-state index contributed by atoms with van der Waals surface area (Å²) in [5, 5.41) is 6.49. The van der Waals surface area contributed by atoms with Crippen molar-refractivity contribution in [3.63, 3.8) is 0 Å². The van der Waals surface area contributed by atoms with Crippen molar-refractivity contribution >= 4 is 5.96 Å². The molecular weight excluding hydrogens is 238 g/mol. The van der Waals surface area contributed by atoms with E-state index in [1.165, 1.54) is 16.7 Å². The van der Waals surface area contributed by atoms with Crippen LogP contribution in [0.3, 0.4) is 0 Å². The quantitative estimate of drug-likeness (QED) is 0.466. The van der Waals surface area contributed by atoms with Gasteiger partial charge in [0.15, 0.2) is 5.96 Å². The zero-order valence-corrected chi connectivity index (χ0v) is 12.4. The minimum absolute atomic E-state index is 0.678. The Kier molecular flexibility index (Phi) is 6.97. The molecule has 0 aliphatic rings. The molecule has 0 unspecified atom stereocenters. The number of aryl methyl sites for hydroxylation is 2. The summed E-state index contributed by atoms with van der Waals surface area (Å²) in [5.74, 6) is 0.821. The topological polar surface area (TPSA) is 45.7 Å². The fraction of sp³-hybridized carbons (Fsp3) is 0.533. The first-order valence-corrected chi connectivity index (χ1v) is 6.66. The van der Waals surface area contributed by atoms with Crippen molar-refractivity contribution in [3.8, 4) is 0 Å². The molecule has 0 spiro atoms. The molecule has 2 N–H and O–H groups in total. The van der Waals surface area contributed by atoms with Crippen molar-refractivity contribution < 1.29 is 4.74 Å². The second-order valence-electron chi connectivity index (χ2n) is 4.66. The SMILES string of the molecule is CN=C(NCCOC)NCCc1cc(C)cc(C)c1. The van der Waals surface area contributed by atoms with E-state index in [4.69, 9.17) is 4.74 Å². The van der Waals surface area contributed by atoms with Gasteiger partial charge in [0, 0.05) is 27.2 Å². The molecule has 4 nitrogen and oxygen atoms in total. The van der Waals surface area contributed by atoms with Gasteiger partial charge in [-0.3, -0.25) is 4.99 Å². The normalized spacial score (nSPS) is 11.5. The molecular formula is C15H25N3O. The average molecular weight is 263 g/mol. The van der Waals surface area contributed by atoms with E-state index in [1.54, 1.807) is 14.2 Å². The first-order chi connectivity index (χ1) is 9.15. The van der Waals surface area contributed by atoms with Gasteiger partial charge in [-0.2, -0.15) is 0 Å². The molecule has 1 aromatic carbocycles. The molecule has 0 heterocycles. The Hall–Kier alpha value is -1.55. The Labute approximate surface area is 116 Å². The minimum atomic E-state index is 0.678. The van der Waals surface area contributed by atoms with Crippen LogP contribution in [0.5, 0.6) is 0 Å². The van der Waals surface area contributed by atoms with Gasteiger partial charge in [0.25, 0.3) is 0 Å². The van der Waals surface area contributed by atoms with Crippen LogP contribution in [-0.4, -0.2) is 39.8 Å². The van der Waals surface area contributed by atoms with Crippen molar-refractivity contribution in [2.45, 2.75) is 20.3 Å². The van der Waals surface area contributed by atoms with Crippen LogP contribution in [0.1, 0.15) is 16.7 Å². The molecule has 106 valence electrons. The van der Waals surface area contributed by atoms with Crippen LogP contribution in [0.2, 0.25) is 0 Å². The highest BCUT2D eigenvalue weighted by atomic mass is 16.5. The maximum absolute atomic E-state index is 4.99. The van der Waals surface area contributed by atoms with E-state index in [0.29, 0.717) is 6.61 Å². The molecule has 0 aliphatic carbocycles. The lowest BCUT2D eigenvalue weighted by Gasteiger charge is -2.12. The third-order valence-corrected chi connectivity index (χ3v) is 2.81.